The molecule has 0 unspecified atom stereocenters. The lowest BCUT2D eigenvalue weighted by atomic mass is 9.93. The van der Waals surface area contributed by atoms with Crippen LogP contribution < -0.4 is 0 Å². The van der Waals surface area contributed by atoms with Crippen LogP contribution >= 0.6 is 0 Å². The van der Waals surface area contributed by atoms with Gasteiger partial charge in [0.25, 0.3) is 0 Å². The molecule has 0 amide bonds. The third-order valence-electron chi connectivity index (χ3n) is 4.28. The van der Waals surface area contributed by atoms with Crippen LogP contribution in [0.1, 0.15) is 36.1 Å². The van der Waals surface area contributed by atoms with Crippen LogP contribution in [0.3, 0.4) is 0 Å². The van der Waals surface area contributed by atoms with E-state index in [-0.39, 0.29) is 19.2 Å². The Bertz CT molecular complexity index is 775. The number of hydrogen-bond acceptors (Lipinski definition) is 3. The maximum atomic E-state index is 11.5. The van der Waals surface area contributed by atoms with E-state index in [0.717, 1.165) is 23.1 Å². The number of hydrogen-bond donors (Lipinski definition) is 1. The summed E-state index contributed by atoms with van der Waals surface area (Å²) in [5.74, 6) is -0.381. The number of benzene rings is 2. The van der Waals surface area contributed by atoms with E-state index in [4.69, 9.17) is 4.74 Å². The molecule has 0 radical (unpaired) electrons. The molecule has 0 saturated carbocycles. The molecule has 0 fully saturated rings. The minimum atomic E-state index is -0.381. The van der Waals surface area contributed by atoms with Crippen molar-refractivity contribution in [2.45, 2.75) is 40.2 Å². The second-order valence-electron chi connectivity index (χ2n) is 6.32. The van der Waals surface area contributed by atoms with Gasteiger partial charge in [0.15, 0.2) is 0 Å². The second kappa shape index (κ2) is 8.63. The Kier molecular flexibility index (Phi) is 6.54. The lowest BCUT2D eigenvalue weighted by Gasteiger charge is -2.14. The van der Waals surface area contributed by atoms with Gasteiger partial charge in [0.05, 0.1) is 13.2 Å². The number of carbonyl (C=O) groups excluding carboxylic acids is 1. The minimum absolute atomic E-state index is 0.0292. The second-order valence-corrected chi connectivity index (χ2v) is 6.32. The SMILES string of the molecule is C=C(C)C(=O)OCCc1cc(-c2ccc(C)cc2CC)ccc1CO. The molecule has 3 heteroatoms. The lowest BCUT2D eigenvalue weighted by Crippen LogP contribution is -2.09. The van der Waals surface area contributed by atoms with Crippen molar-refractivity contribution in [1.82, 2.24) is 0 Å². The topological polar surface area (TPSA) is 46.5 Å². The molecular formula is C22H26O3. The average molecular weight is 338 g/mol. The highest BCUT2D eigenvalue weighted by Crippen LogP contribution is 2.28. The molecule has 1 N–H and O–H groups in total. The van der Waals surface area contributed by atoms with Crippen LogP contribution in [0.5, 0.6) is 0 Å². The van der Waals surface area contributed by atoms with E-state index in [0.29, 0.717) is 12.0 Å². The van der Waals surface area contributed by atoms with Gasteiger partial charge < -0.3 is 9.84 Å². The fourth-order valence-corrected chi connectivity index (χ4v) is 2.85. The molecule has 0 aliphatic rings. The Hall–Kier alpha value is -2.39. The van der Waals surface area contributed by atoms with Crippen molar-refractivity contribution in [3.05, 3.63) is 70.8 Å². The molecule has 2 aromatic rings. The van der Waals surface area contributed by atoms with E-state index in [2.05, 4.69) is 44.7 Å². The number of rotatable bonds is 7. The van der Waals surface area contributed by atoms with Crippen molar-refractivity contribution < 1.29 is 14.6 Å². The zero-order valence-corrected chi connectivity index (χ0v) is 15.3. The molecule has 132 valence electrons. The van der Waals surface area contributed by atoms with Crippen molar-refractivity contribution in [2.24, 2.45) is 0 Å². The third kappa shape index (κ3) is 4.80. The van der Waals surface area contributed by atoms with Gasteiger partial charge in [-0.3, -0.25) is 0 Å². The normalized spacial score (nSPS) is 10.6. The Morgan fingerprint density at radius 1 is 1.12 bits per heavy atom. The van der Waals surface area contributed by atoms with E-state index >= 15 is 0 Å². The number of aliphatic hydroxyl groups excluding tert-OH is 1. The zero-order valence-electron chi connectivity index (χ0n) is 15.3. The lowest BCUT2D eigenvalue weighted by molar-refractivity contribution is -0.138. The van der Waals surface area contributed by atoms with Crippen LogP contribution in [0.25, 0.3) is 11.1 Å². The molecule has 0 aliphatic carbocycles. The molecule has 2 rings (SSSR count). The van der Waals surface area contributed by atoms with Crippen LogP contribution in [0.2, 0.25) is 0 Å². The van der Waals surface area contributed by atoms with Gasteiger partial charge in [0.2, 0.25) is 0 Å². The predicted octanol–water partition coefficient (Wildman–Crippen LogP) is 4.38. The number of carbonyl (C=O) groups is 1. The van der Waals surface area contributed by atoms with Crippen LogP contribution in [0.15, 0.2) is 48.6 Å². The number of aryl methyl sites for hydroxylation is 2. The summed E-state index contributed by atoms with van der Waals surface area (Å²) in [6, 6.07) is 12.5. The Labute approximate surface area is 150 Å². The van der Waals surface area contributed by atoms with Gasteiger partial charge in [-0.1, -0.05) is 55.5 Å². The molecule has 0 spiro atoms. The summed E-state index contributed by atoms with van der Waals surface area (Å²) in [6.07, 6.45) is 1.53. The Morgan fingerprint density at radius 3 is 2.52 bits per heavy atom. The predicted molar refractivity (Wildman–Crippen MR) is 101 cm³/mol. The van der Waals surface area contributed by atoms with Crippen LogP contribution in [0.4, 0.5) is 0 Å². The van der Waals surface area contributed by atoms with Crippen molar-refractivity contribution in [2.75, 3.05) is 6.61 Å². The quantitative estimate of drug-likeness (QED) is 0.602. The van der Waals surface area contributed by atoms with E-state index in [9.17, 15) is 9.90 Å². The van der Waals surface area contributed by atoms with Crippen LogP contribution in [-0.4, -0.2) is 17.7 Å². The van der Waals surface area contributed by atoms with Gasteiger partial charge in [-0.2, -0.15) is 0 Å². The molecule has 2 aromatic carbocycles. The molecule has 3 nitrogen and oxygen atoms in total. The molecule has 0 saturated heterocycles. The summed E-state index contributed by atoms with van der Waals surface area (Å²) in [5, 5.41) is 9.59. The average Bonchev–Trinajstić information content (AvgIpc) is 2.61. The minimum Gasteiger partial charge on any atom is -0.462 e. The van der Waals surface area contributed by atoms with Crippen molar-refractivity contribution >= 4 is 5.97 Å². The number of aliphatic hydroxyl groups is 1. The highest BCUT2D eigenvalue weighted by Gasteiger charge is 2.10. The summed E-state index contributed by atoms with van der Waals surface area (Å²) in [5.41, 5.74) is 7.13. The Morgan fingerprint density at radius 2 is 1.88 bits per heavy atom. The fraction of sp³-hybridized carbons (Fsp3) is 0.318. The van der Waals surface area contributed by atoms with Crippen LogP contribution in [0, 0.1) is 6.92 Å². The van der Waals surface area contributed by atoms with Gasteiger partial charge in [0.1, 0.15) is 0 Å². The first-order chi connectivity index (χ1) is 12.0. The van der Waals surface area contributed by atoms with Gasteiger partial charge in [-0.25, -0.2) is 4.79 Å². The van der Waals surface area contributed by atoms with E-state index in [1.54, 1.807) is 6.92 Å². The molecule has 25 heavy (non-hydrogen) atoms. The highest BCUT2D eigenvalue weighted by atomic mass is 16.5. The van der Waals surface area contributed by atoms with E-state index in [1.165, 1.54) is 16.7 Å². The molecule has 0 bridgehead atoms. The third-order valence-corrected chi connectivity index (χ3v) is 4.28. The van der Waals surface area contributed by atoms with Gasteiger partial charge in [0, 0.05) is 12.0 Å². The van der Waals surface area contributed by atoms with Gasteiger partial charge >= 0.3 is 5.97 Å². The molecular weight excluding hydrogens is 312 g/mol. The maximum absolute atomic E-state index is 11.5. The van der Waals surface area contributed by atoms with Crippen LogP contribution in [-0.2, 0) is 29.0 Å². The smallest absolute Gasteiger partial charge is 0.333 e. The van der Waals surface area contributed by atoms with E-state index in [1.807, 2.05) is 12.1 Å². The molecule has 0 aliphatic heterocycles. The monoisotopic (exact) mass is 338 g/mol. The molecule has 0 heterocycles. The summed E-state index contributed by atoms with van der Waals surface area (Å²) >= 11 is 0. The highest BCUT2D eigenvalue weighted by molar-refractivity contribution is 5.86. The van der Waals surface area contributed by atoms with Crippen molar-refractivity contribution in [3.8, 4) is 11.1 Å². The first kappa shape index (κ1) is 18.9. The standard InChI is InChI=1S/C22H26O3/c1-5-17-12-16(4)6-9-21(17)19-7-8-20(14-23)18(13-19)10-11-25-22(24)15(2)3/h6-9,12-13,23H,2,5,10-11,14H2,1,3-4H3. The molecule has 0 aromatic heterocycles. The van der Waals surface area contributed by atoms with Gasteiger partial charge in [-0.05, 0) is 48.1 Å². The summed E-state index contributed by atoms with van der Waals surface area (Å²) in [6.45, 7) is 9.70. The van der Waals surface area contributed by atoms with Crippen molar-refractivity contribution in [3.63, 3.8) is 0 Å². The van der Waals surface area contributed by atoms with Crippen molar-refractivity contribution in [1.29, 1.82) is 0 Å². The maximum Gasteiger partial charge on any atom is 0.333 e. The van der Waals surface area contributed by atoms with E-state index < -0.39 is 0 Å². The fourth-order valence-electron chi connectivity index (χ4n) is 2.85. The summed E-state index contributed by atoms with van der Waals surface area (Å²) < 4.78 is 5.19. The summed E-state index contributed by atoms with van der Waals surface area (Å²) in [7, 11) is 0. The Balaban J connectivity index is 2.27. The number of esters is 1. The summed E-state index contributed by atoms with van der Waals surface area (Å²) in [4.78, 5) is 11.5. The first-order valence-electron chi connectivity index (χ1n) is 8.61. The van der Waals surface area contributed by atoms with Gasteiger partial charge in [-0.15, -0.1) is 0 Å². The zero-order chi connectivity index (χ0) is 18.4. The number of ether oxygens (including phenoxy) is 1. The largest absolute Gasteiger partial charge is 0.462 e. The first-order valence-corrected chi connectivity index (χ1v) is 8.61. The molecule has 0 atom stereocenters.